The van der Waals surface area contributed by atoms with Crippen molar-refractivity contribution in [1.82, 2.24) is 0 Å². The number of hydrogen-bond donors (Lipinski definition) is 0. The lowest BCUT2D eigenvalue weighted by Gasteiger charge is -2.06. The van der Waals surface area contributed by atoms with Gasteiger partial charge in [0.1, 0.15) is 12.4 Å². The fraction of sp³-hybridized carbons (Fsp3) is 0.125. The first kappa shape index (κ1) is 14.3. The van der Waals surface area contributed by atoms with Crippen LogP contribution in [0, 0.1) is 0 Å². The number of halogens is 1. The molecule has 0 saturated carbocycles. The highest BCUT2D eigenvalue weighted by atomic mass is 35.5. The fourth-order valence-corrected chi connectivity index (χ4v) is 1.70. The second-order valence-electron chi connectivity index (χ2n) is 4.26. The number of benzene rings is 2. The summed E-state index contributed by atoms with van der Waals surface area (Å²) < 4.78 is 5.44. The number of para-hydroxylation sites is 1. The van der Waals surface area contributed by atoms with Crippen LogP contribution in [0.2, 0.25) is 5.02 Å². The summed E-state index contributed by atoms with van der Waals surface area (Å²) in [7, 11) is 0. The maximum atomic E-state index is 11.0. The number of carbonyl (C=O) groups excluding carboxylic acids is 1. The molecule has 2 rings (SSSR count). The molecule has 0 unspecified atom stereocenters. The highest BCUT2D eigenvalue weighted by Crippen LogP contribution is 2.19. The Hall–Kier alpha value is -2.13. The van der Waals surface area contributed by atoms with E-state index in [4.69, 9.17) is 16.3 Å². The smallest absolute Gasteiger partial charge is 0.167 e. The predicted octanol–water partition coefficient (Wildman–Crippen LogP) is 4.06. The molecule has 0 aliphatic heterocycles. The summed E-state index contributed by atoms with van der Waals surface area (Å²) in [4.78, 5) is 15.3. The SMILES string of the molecule is CC(=O)COc1ccccc1C=Nc1ccc(Cl)cc1. The van der Waals surface area contributed by atoms with Crippen molar-refractivity contribution in [2.24, 2.45) is 4.99 Å². The Kier molecular flexibility index (Phi) is 4.91. The molecule has 0 bridgehead atoms. The van der Waals surface area contributed by atoms with Gasteiger partial charge in [0, 0.05) is 16.8 Å². The van der Waals surface area contributed by atoms with Crippen LogP contribution in [-0.2, 0) is 4.79 Å². The highest BCUT2D eigenvalue weighted by molar-refractivity contribution is 6.30. The van der Waals surface area contributed by atoms with Gasteiger partial charge >= 0.3 is 0 Å². The number of carbonyl (C=O) groups is 1. The van der Waals surface area contributed by atoms with Crippen LogP contribution in [0.3, 0.4) is 0 Å². The zero-order valence-corrected chi connectivity index (χ0v) is 11.8. The van der Waals surface area contributed by atoms with Gasteiger partial charge in [-0.15, -0.1) is 0 Å². The molecule has 0 spiro atoms. The fourth-order valence-electron chi connectivity index (χ4n) is 1.57. The maximum absolute atomic E-state index is 11.0. The van der Waals surface area contributed by atoms with Crippen molar-refractivity contribution in [3.05, 3.63) is 59.1 Å². The van der Waals surface area contributed by atoms with Gasteiger partial charge in [-0.05, 0) is 43.3 Å². The molecule has 0 atom stereocenters. The predicted molar refractivity (Wildman–Crippen MR) is 81.3 cm³/mol. The van der Waals surface area contributed by atoms with Gasteiger partial charge in [0.05, 0.1) is 5.69 Å². The van der Waals surface area contributed by atoms with Gasteiger partial charge in [-0.1, -0.05) is 23.7 Å². The zero-order valence-electron chi connectivity index (χ0n) is 11.0. The normalized spacial score (nSPS) is 10.7. The first-order valence-electron chi connectivity index (χ1n) is 6.16. The minimum Gasteiger partial charge on any atom is -0.485 e. The van der Waals surface area contributed by atoms with E-state index in [1.807, 2.05) is 36.4 Å². The monoisotopic (exact) mass is 287 g/mol. The maximum Gasteiger partial charge on any atom is 0.167 e. The Labute approximate surface area is 122 Å². The van der Waals surface area contributed by atoms with Crippen molar-refractivity contribution in [2.45, 2.75) is 6.92 Å². The van der Waals surface area contributed by atoms with Crippen LogP contribution in [0.1, 0.15) is 12.5 Å². The van der Waals surface area contributed by atoms with Gasteiger partial charge in [-0.2, -0.15) is 0 Å². The zero-order chi connectivity index (χ0) is 14.4. The average Bonchev–Trinajstić information content (AvgIpc) is 2.45. The van der Waals surface area contributed by atoms with E-state index >= 15 is 0 Å². The molecule has 0 fully saturated rings. The van der Waals surface area contributed by atoms with Crippen LogP contribution in [0.25, 0.3) is 0 Å². The number of aliphatic imine (C=N–C) groups is 1. The van der Waals surface area contributed by atoms with Crippen LogP contribution in [0.5, 0.6) is 5.75 Å². The standard InChI is InChI=1S/C16H14ClNO2/c1-12(19)11-20-16-5-3-2-4-13(16)10-18-15-8-6-14(17)7-9-15/h2-10H,11H2,1H3. The molecule has 0 heterocycles. The van der Waals surface area contributed by atoms with Crippen LogP contribution in [0.15, 0.2) is 53.5 Å². The second kappa shape index (κ2) is 6.87. The van der Waals surface area contributed by atoms with E-state index < -0.39 is 0 Å². The summed E-state index contributed by atoms with van der Waals surface area (Å²) in [6.07, 6.45) is 1.71. The number of ketones is 1. The van der Waals surface area contributed by atoms with E-state index in [9.17, 15) is 4.79 Å². The summed E-state index contributed by atoms with van der Waals surface area (Å²) in [5.74, 6) is 0.620. The molecule has 0 saturated heterocycles. The van der Waals surface area contributed by atoms with Gasteiger partial charge < -0.3 is 4.74 Å². The van der Waals surface area contributed by atoms with E-state index in [1.165, 1.54) is 6.92 Å². The van der Waals surface area contributed by atoms with E-state index in [2.05, 4.69) is 4.99 Å². The highest BCUT2D eigenvalue weighted by Gasteiger charge is 2.02. The molecular formula is C16H14ClNO2. The van der Waals surface area contributed by atoms with Crippen molar-refractivity contribution in [3.63, 3.8) is 0 Å². The van der Waals surface area contributed by atoms with E-state index in [1.54, 1.807) is 18.3 Å². The third kappa shape index (κ3) is 4.21. The first-order chi connectivity index (χ1) is 9.65. The third-order valence-corrected chi connectivity index (χ3v) is 2.78. The Bertz CT molecular complexity index is 621. The number of Topliss-reactive ketones (excluding diaryl/α,β-unsaturated/α-hetero) is 1. The van der Waals surface area contributed by atoms with Crippen LogP contribution < -0.4 is 4.74 Å². The summed E-state index contributed by atoms with van der Waals surface area (Å²) in [6, 6.07) is 14.7. The molecule has 2 aromatic carbocycles. The molecule has 102 valence electrons. The Balaban J connectivity index is 2.16. The molecule has 0 amide bonds. The molecule has 0 radical (unpaired) electrons. The Morgan fingerprint density at radius 3 is 2.60 bits per heavy atom. The van der Waals surface area contributed by atoms with Crippen molar-refractivity contribution in [1.29, 1.82) is 0 Å². The van der Waals surface area contributed by atoms with E-state index in [0.29, 0.717) is 10.8 Å². The number of hydrogen-bond acceptors (Lipinski definition) is 3. The number of nitrogens with zero attached hydrogens (tertiary/aromatic N) is 1. The van der Waals surface area contributed by atoms with Gasteiger partial charge in [0.2, 0.25) is 0 Å². The van der Waals surface area contributed by atoms with Crippen LogP contribution in [-0.4, -0.2) is 18.6 Å². The Morgan fingerprint density at radius 1 is 1.20 bits per heavy atom. The molecule has 0 aromatic heterocycles. The summed E-state index contributed by atoms with van der Waals surface area (Å²) in [5, 5.41) is 0.675. The van der Waals surface area contributed by atoms with Crippen LogP contribution >= 0.6 is 11.6 Å². The lowest BCUT2D eigenvalue weighted by molar-refractivity contribution is -0.118. The minimum absolute atomic E-state index is 0.0190. The molecular weight excluding hydrogens is 274 g/mol. The van der Waals surface area contributed by atoms with Gasteiger partial charge in [0.15, 0.2) is 5.78 Å². The van der Waals surface area contributed by atoms with E-state index in [0.717, 1.165) is 11.3 Å². The number of ether oxygens (including phenoxy) is 1. The quantitative estimate of drug-likeness (QED) is 0.778. The minimum atomic E-state index is -0.0190. The average molecular weight is 288 g/mol. The third-order valence-electron chi connectivity index (χ3n) is 2.53. The van der Waals surface area contributed by atoms with Crippen molar-refractivity contribution < 1.29 is 9.53 Å². The molecule has 4 heteroatoms. The van der Waals surface area contributed by atoms with Crippen LogP contribution in [0.4, 0.5) is 5.69 Å². The largest absolute Gasteiger partial charge is 0.485 e. The van der Waals surface area contributed by atoms with Crippen molar-refractivity contribution >= 4 is 29.3 Å². The van der Waals surface area contributed by atoms with Gasteiger partial charge in [-0.25, -0.2) is 0 Å². The first-order valence-corrected chi connectivity index (χ1v) is 6.54. The molecule has 20 heavy (non-hydrogen) atoms. The Morgan fingerprint density at radius 2 is 1.90 bits per heavy atom. The lowest BCUT2D eigenvalue weighted by Crippen LogP contribution is -2.07. The summed E-state index contributed by atoms with van der Waals surface area (Å²) >= 11 is 5.82. The van der Waals surface area contributed by atoms with Gasteiger partial charge in [-0.3, -0.25) is 9.79 Å². The second-order valence-corrected chi connectivity index (χ2v) is 4.70. The molecule has 3 nitrogen and oxygen atoms in total. The van der Waals surface area contributed by atoms with Gasteiger partial charge in [0.25, 0.3) is 0 Å². The molecule has 0 aliphatic rings. The van der Waals surface area contributed by atoms with Crippen molar-refractivity contribution in [2.75, 3.05) is 6.61 Å². The topological polar surface area (TPSA) is 38.7 Å². The molecule has 0 N–H and O–H groups in total. The summed E-state index contributed by atoms with van der Waals surface area (Å²) in [6.45, 7) is 1.55. The molecule has 0 aliphatic carbocycles. The lowest BCUT2D eigenvalue weighted by atomic mass is 10.2. The van der Waals surface area contributed by atoms with Crippen molar-refractivity contribution in [3.8, 4) is 5.75 Å². The molecule has 2 aromatic rings. The summed E-state index contributed by atoms with van der Waals surface area (Å²) in [5.41, 5.74) is 1.62. The number of rotatable bonds is 5. The van der Waals surface area contributed by atoms with E-state index in [-0.39, 0.29) is 12.4 Å².